The quantitative estimate of drug-likeness (QED) is 0.527. The molecular weight excluding hydrogens is 284 g/mol. The van der Waals surface area contributed by atoms with Crippen LogP contribution in [-0.2, 0) is 19.2 Å². The summed E-state index contributed by atoms with van der Waals surface area (Å²) >= 11 is 0. The molecular formula is C16H27N2O4. The highest BCUT2D eigenvalue weighted by atomic mass is 16.2. The number of unbranched alkanes of at least 4 members (excludes halogenated alkanes) is 2. The minimum atomic E-state index is -1.49. The van der Waals surface area contributed by atoms with Gasteiger partial charge in [-0.2, -0.15) is 0 Å². The van der Waals surface area contributed by atoms with Crippen molar-refractivity contribution < 1.29 is 19.2 Å². The molecule has 0 rings (SSSR count). The summed E-state index contributed by atoms with van der Waals surface area (Å²) in [4.78, 5) is 47.4. The molecule has 3 unspecified atom stereocenters. The molecule has 0 aromatic rings. The van der Waals surface area contributed by atoms with Gasteiger partial charge in [-0.3, -0.25) is 19.2 Å². The molecule has 0 spiro atoms. The second-order valence-electron chi connectivity index (χ2n) is 5.91. The van der Waals surface area contributed by atoms with E-state index in [4.69, 9.17) is 11.5 Å². The predicted molar refractivity (Wildman–Crippen MR) is 83.2 cm³/mol. The van der Waals surface area contributed by atoms with Gasteiger partial charge in [0.2, 0.25) is 18.1 Å². The van der Waals surface area contributed by atoms with Gasteiger partial charge in [0.1, 0.15) is 11.3 Å². The first-order chi connectivity index (χ1) is 10.3. The number of carbonyl (C=O) groups excluding carboxylic acids is 4. The number of Topliss-reactive ketones (excluding diaryl/α,β-unsaturated/α-hetero) is 1. The van der Waals surface area contributed by atoms with Crippen LogP contribution in [-0.4, -0.2) is 23.9 Å². The predicted octanol–water partition coefficient (Wildman–Crippen LogP) is 1.25. The Hall–Kier alpha value is -1.72. The van der Waals surface area contributed by atoms with Gasteiger partial charge in [0, 0.05) is 5.92 Å². The molecule has 0 aliphatic heterocycles. The summed E-state index contributed by atoms with van der Waals surface area (Å²) in [7, 11) is 0. The summed E-state index contributed by atoms with van der Waals surface area (Å²) in [5.41, 5.74) is 9.21. The Labute approximate surface area is 132 Å². The van der Waals surface area contributed by atoms with Crippen LogP contribution in [0.4, 0.5) is 0 Å². The molecule has 4 N–H and O–H groups in total. The molecule has 0 aromatic carbocycles. The molecule has 1 radical (unpaired) electrons. The van der Waals surface area contributed by atoms with Gasteiger partial charge in [-0.25, -0.2) is 0 Å². The second kappa shape index (κ2) is 9.33. The van der Waals surface area contributed by atoms with Crippen LogP contribution in [0.1, 0.15) is 59.3 Å². The van der Waals surface area contributed by atoms with Crippen molar-refractivity contribution in [3.8, 4) is 0 Å². The lowest BCUT2D eigenvalue weighted by atomic mass is 9.71. The van der Waals surface area contributed by atoms with E-state index in [-0.39, 0.29) is 6.42 Å². The summed E-state index contributed by atoms with van der Waals surface area (Å²) in [6.07, 6.45) is 5.17. The van der Waals surface area contributed by atoms with Crippen molar-refractivity contribution in [1.29, 1.82) is 0 Å². The van der Waals surface area contributed by atoms with Crippen molar-refractivity contribution in [3.05, 3.63) is 0 Å². The number of carbonyl (C=O) groups is 3. The second-order valence-corrected chi connectivity index (χ2v) is 5.91. The highest BCUT2D eigenvalue weighted by Crippen LogP contribution is 2.32. The SMILES string of the molecule is CCCCC([C]=O)C(C(N)=O)C(=O)C(C)(CCCC)C(N)=O. The smallest absolute Gasteiger partial charge is 0.230 e. The van der Waals surface area contributed by atoms with E-state index < -0.39 is 34.8 Å². The van der Waals surface area contributed by atoms with Gasteiger partial charge >= 0.3 is 0 Å². The van der Waals surface area contributed by atoms with Crippen LogP contribution in [0.15, 0.2) is 0 Å². The number of nitrogens with two attached hydrogens (primary N) is 2. The molecule has 6 nitrogen and oxygen atoms in total. The summed E-state index contributed by atoms with van der Waals surface area (Å²) in [5, 5.41) is 0. The summed E-state index contributed by atoms with van der Waals surface area (Å²) < 4.78 is 0. The van der Waals surface area contributed by atoms with Crippen molar-refractivity contribution in [1.82, 2.24) is 0 Å². The van der Waals surface area contributed by atoms with Crippen molar-refractivity contribution in [2.75, 3.05) is 0 Å². The van der Waals surface area contributed by atoms with Crippen LogP contribution < -0.4 is 11.5 Å². The fourth-order valence-corrected chi connectivity index (χ4v) is 2.47. The minimum absolute atomic E-state index is 0.237. The van der Waals surface area contributed by atoms with Gasteiger partial charge < -0.3 is 11.5 Å². The maximum absolute atomic E-state index is 12.7. The maximum atomic E-state index is 12.7. The Balaban J connectivity index is 5.53. The Kier molecular flexibility index (Phi) is 8.60. The molecule has 0 aromatic heterocycles. The van der Waals surface area contributed by atoms with Gasteiger partial charge in [-0.15, -0.1) is 0 Å². The third kappa shape index (κ3) is 4.93. The highest BCUT2D eigenvalue weighted by molar-refractivity contribution is 6.14. The molecule has 2 amide bonds. The van der Waals surface area contributed by atoms with Gasteiger partial charge in [0.05, 0.1) is 0 Å². The fourth-order valence-electron chi connectivity index (χ4n) is 2.47. The van der Waals surface area contributed by atoms with Crippen molar-refractivity contribution in [2.24, 2.45) is 28.7 Å². The number of hydrogen-bond donors (Lipinski definition) is 2. The first-order valence-corrected chi connectivity index (χ1v) is 7.77. The molecule has 6 heteroatoms. The van der Waals surface area contributed by atoms with Gasteiger partial charge in [-0.05, 0) is 19.8 Å². The standard InChI is InChI=1S/C16H27N2O4/c1-4-6-8-11(10-19)12(14(17)21)13(20)16(3,15(18)22)9-7-5-2/h11-12H,4-9H2,1-3H3,(H2,17,21)(H2,18,22). The van der Waals surface area contributed by atoms with Crippen LogP contribution in [0.25, 0.3) is 0 Å². The zero-order chi connectivity index (χ0) is 17.3. The van der Waals surface area contributed by atoms with E-state index in [1.807, 2.05) is 13.8 Å². The average Bonchev–Trinajstić information content (AvgIpc) is 2.47. The lowest BCUT2D eigenvalue weighted by molar-refractivity contribution is -0.146. The number of rotatable bonds is 12. The van der Waals surface area contributed by atoms with Gasteiger partial charge in [0.15, 0.2) is 5.78 Å². The molecule has 0 heterocycles. The monoisotopic (exact) mass is 311 g/mol. The summed E-state index contributed by atoms with van der Waals surface area (Å²) in [5.74, 6) is -4.63. The van der Waals surface area contributed by atoms with E-state index in [9.17, 15) is 19.2 Å². The van der Waals surface area contributed by atoms with Crippen LogP contribution in [0.5, 0.6) is 0 Å². The first kappa shape index (κ1) is 20.3. The largest absolute Gasteiger partial charge is 0.369 e. The van der Waals surface area contributed by atoms with Crippen molar-refractivity contribution in [3.63, 3.8) is 0 Å². The molecule has 3 atom stereocenters. The lowest BCUT2D eigenvalue weighted by Crippen LogP contribution is -2.50. The molecule has 22 heavy (non-hydrogen) atoms. The van der Waals surface area contributed by atoms with E-state index in [1.165, 1.54) is 6.92 Å². The van der Waals surface area contributed by atoms with E-state index in [1.54, 1.807) is 6.29 Å². The number of amides is 2. The third-order valence-electron chi connectivity index (χ3n) is 4.13. The van der Waals surface area contributed by atoms with E-state index in [0.29, 0.717) is 19.3 Å². The summed E-state index contributed by atoms with van der Waals surface area (Å²) in [6, 6.07) is 0. The zero-order valence-electron chi connectivity index (χ0n) is 13.7. The Morgan fingerprint density at radius 2 is 1.64 bits per heavy atom. The number of primary amides is 2. The molecule has 125 valence electrons. The molecule has 0 aliphatic carbocycles. The van der Waals surface area contributed by atoms with Crippen LogP contribution in [0, 0.1) is 17.3 Å². The summed E-state index contributed by atoms with van der Waals surface area (Å²) in [6.45, 7) is 5.27. The van der Waals surface area contributed by atoms with E-state index in [0.717, 1.165) is 12.8 Å². The lowest BCUT2D eigenvalue weighted by Gasteiger charge is -2.29. The van der Waals surface area contributed by atoms with E-state index >= 15 is 0 Å². The number of hydrogen-bond acceptors (Lipinski definition) is 4. The molecule has 0 bridgehead atoms. The molecule has 0 aliphatic rings. The van der Waals surface area contributed by atoms with E-state index in [2.05, 4.69) is 0 Å². The van der Waals surface area contributed by atoms with Gasteiger partial charge in [-0.1, -0.05) is 39.5 Å². The Bertz CT molecular complexity index is 422. The minimum Gasteiger partial charge on any atom is -0.369 e. The van der Waals surface area contributed by atoms with Crippen molar-refractivity contribution >= 4 is 23.9 Å². The molecule has 0 fully saturated rings. The van der Waals surface area contributed by atoms with Crippen LogP contribution >= 0.6 is 0 Å². The Morgan fingerprint density at radius 3 is 2.00 bits per heavy atom. The number of ketones is 1. The van der Waals surface area contributed by atoms with Gasteiger partial charge in [0.25, 0.3) is 0 Å². The van der Waals surface area contributed by atoms with Crippen molar-refractivity contribution in [2.45, 2.75) is 59.3 Å². The third-order valence-corrected chi connectivity index (χ3v) is 4.13. The topological polar surface area (TPSA) is 120 Å². The van der Waals surface area contributed by atoms with Crippen LogP contribution in [0.2, 0.25) is 0 Å². The molecule has 0 saturated carbocycles. The first-order valence-electron chi connectivity index (χ1n) is 7.77. The zero-order valence-corrected chi connectivity index (χ0v) is 13.7. The molecule has 0 saturated heterocycles. The fraction of sp³-hybridized carbons (Fsp3) is 0.750. The Morgan fingerprint density at radius 1 is 1.09 bits per heavy atom. The maximum Gasteiger partial charge on any atom is 0.230 e. The average molecular weight is 311 g/mol. The normalized spacial score (nSPS) is 16.3. The van der Waals surface area contributed by atoms with Crippen LogP contribution in [0.3, 0.4) is 0 Å². The highest BCUT2D eigenvalue weighted by Gasteiger charge is 2.47.